The van der Waals surface area contributed by atoms with Gasteiger partial charge in [0.1, 0.15) is 10.6 Å². The van der Waals surface area contributed by atoms with E-state index < -0.39 is 10.0 Å². The van der Waals surface area contributed by atoms with E-state index in [2.05, 4.69) is 11.0 Å². The van der Waals surface area contributed by atoms with Crippen LogP contribution in [0.25, 0.3) is 0 Å². The average molecular weight is 269 g/mol. The molecule has 18 heavy (non-hydrogen) atoms. The van der Waals surface area contributed by atoms with Gasteiger partial charge in [0.05, 0.1) is 7.11 Å². The minimum atomic E-state index is -3.48. The van der Waals surface area contributed by atoms with Gasteiger partial charge < -0.3 is 9.64 Å². The highest BCUT2D eigenvalue weighted by molar-refractivity contribution is 7.89. The number of hydrogen-bond donors (Lipinski definition) is 0. The Bertz CT molecular complexity index is 508. The lowest BCUT2D eigenvalue weighted by Crippen LogP contribution is -2.47. The predicted octanol–water partition coefficient (Wildman–Crippen LogP) is 0.431. The van der Waals surface area contributed by atoms with Gasteiger partial charge in [0.2, 0.25) is 10.0 Å². The Hall–Kier alpha value is -1.11. The summed E-state index contributed by atoms with van der Waals surface area (Å²) in [6, 6.07) is 7.51. The highest BCUT2D eigenvalue weighted by Crippen LogP contribution is 2.26. The first-order valence-electron chi connectivity index (χ1n) is 5.78. The molecule has 1 aliphatic heterocycles. The maximum Gasteiger partial charge on any atom is 0.246 e. The third-order valence-corrected chi connectivity index (χ3v) is 5.01. The van der Waals surface area contributed by atoms with Crippen LogP contribution in [0.5, 0.6) is 5.75 Å². The summed E-state index contributed by atoms with van der Waals surface area (Å²) in [6.07, 6.45) is 0. The summed E-state index contributed by atoms with van der Waals surface area (Å²) in [7, 11) is -0.0203. The maximum absolute atomic E-state index is 12.5. The van der Waals surface area contributed by atoms with E-state index in [0.29, 0.717) is 18.8 Å². The molecule has 1 saturated heterocycles. The number of piperazine rings is 1. The van der Waals surface area contributed by atoms with E-state index in [9.17, 15) is 8.42 Å². The Balaban J connectivity index is 2.30. The Morgan fingerprint density at radius 2 is 1.94 bits per heavy atom. The number of hydrogen-bond acceptors (Lipinski definition) is 4. The molecule has 0 unspecified atom stereocenters. The highest BCUT2D eigenvalue weighted by Gasteiger charge is 2.29. The van der Waals surface area contributed by atoms with Crippen molar-refractivity contribution in [1.82, 2.24) is 9.21 Å². The van der Waals surface area contributed by atoms with E-state index in [1.165, 1.54) is 17.5 Å². The molecule has 0 amide bonds. The quantitative estimate of drug-likeness (QED) is 0.798. The van der Waals surface area contributed by atoms with Crippen LogP contribution in [0.15, 0.2) is 23.1 Å². The molecule has 0 saturated carbocycles. The van der Waals surface area contributed by atoms with Crippen molar-refractivity contribution in [2.75, 3.05) is 40.3 Å². The summed E-state index contributed by atoms with van der Waals surface area (Å²) in [6.45, 7) is 2.52. The molecule has 99 valence electrons. The fourth-order valence-corrected chi connectivity index (χ4v) is 3.48. The lowest BCUT2D eigenvalue weighted by atomic mass is 10.3. The number of benzene rings is 1. The highest BCUT2D eigenvalue weighted by atomic mass is 32.2. The zero-order valence-electron chi connectivity index (χ0n) is 10.6. The lowest BCUT2D eigenvalue weighted by molar-refractivity contribution is 0.222. The first-order valence-corrected chi connectivity index (χ1v) is 7.22. The van der Waals surface area contributed by atoms with Crippen LogP contribution in [-0.2, 0) is 10.0 Å². The van der Waals surface area contributed by atoms with E-state index >= 15 is 0 Å². The van der Waals surface area contributed by atoms with Gasteiger partial charge in [-0.15, -0.1) is 0 Å². The largest absolute Gasteiger partial charge is 0.495 e. The van der Waals surface area contributed by atoms with Crippen LogP contribution in [0.4, 0.5) is 0 Å². The molecule has 0 N–H and O–H groups in total. The summed E-state index contributed by atoms with van der Waals surface area (Å²) < 4.78 is 31.6. The van der Waals surface area contributed by atoms with Gasteiger partial charge in [0, 0.05) is 26.2 Å². The Morgan fingerprint density at radius 1 is 1.28 bits per heavy atom. The Labute approximate surface area is 108 Å². The van der Waals surface area contributed by atoms with Crippen LogP contribution in [0.3, 0.4) is 0 Å². The second kappa shape index (κ2) is 5.26. The van der Waals surface area contributed by atoms with Crippen LogP contribution in [0.1, 0.15) is 0 Å². The second-order valence-corrected chi connectivity index (χ2v) is 6.19. The summed E-state index contributed by atoms with van der Waals surface area (Å²) in [4.78, 5) is 2.30. The van der Waals surface area contributed by atoms with Gasteiger partial charge in [-0.05, 0) is 25.2 Å². The summed E-state index contributed by atoms with van der Waals surface area (Å²) >= 11 is 0. The van der Waals surface area contributed by atoms with Gasteiger partial charge >= 0.3 is 0 Å². The zero-order valence-corrected chi connectivity index (χ0v) is 11.4. The van der Waals surface area contributed by atoms with Gasteiger partial charge in [-0.3, -0.25) is 0 Å². The molecule has 0 spiro atoms. The summed E-state index contributed by atoms with van der Waals surface area (Å²) in [5.74, 6) is 0.368. The van der Waals surface area contributed by atoms with E-state index in [-0.39, 0.29) is 4.90 Å². The van der Waals surface area contributed by atoms with E-state index in [1.54, 1.807) is 12.1 Å². The minimum absolute atomic E-state index is 0.192. The predicted molar refractivity (Wildman–Crippen MR) is 68.1 cm³/mol. The lowest BCUT2D eigenvalue weighted by Gasteiger charge is -2.31. The van der Waals surface area contributed by atoms with Crippen LogP contribution < -0.4 is 4.74 Å². The average Bonchev–Trinajstić information content (AvgIpc) is 2.39. The number of ether oxygens (including phenoxy) is 1. The molecule has 6 heteroatoms. The van der Waals surface area contributed by atoms with Crippen LogP contribution in [0.2, 0.25) is 0 Å². The SMILES string of the molecule is COc1cc[c]cc1S(=O)(=O)N1CCN(C)CC1. The molecule has 1 fully saturated rings. The van der Waals surface area contributed by atoms with Crippen LogP contribution in [0, 0.1) is 6.07 Å². The smallest absolute Gasteiger partial charge is 0.246 e. The van der Waals surface area contributed by atoms with E-state index in [1.807, 2.05) is 7.05 Å². The monoisotopic (exact) mass is 269 g/mol. The van der Waals surface area contributed by atoms with Crippen molar-refractivity contribution in [3.05, 3.63) is 24.3 Å². The van der Waals surface area contributed by atoms with Gasteiger partial charge in [-0.2, -0.15) is 4.31 Å². The molecular formula is C12H17N2O3S. The van der Waals surface area contributed by atoms with Crippen molar-refractivity contribution in [2.45, 2.75) is 4.90 Å². The first-order chi connectivity index (χ1) is 8.55. The van der Waals surface area contributed by atoms with Gasteiger partial charge in [0.25, 0.3) is 0 Å². The summed E-state index contributed by atoms with van der Waals surface area (Å²) in [5, 5.41) is 0. The van der Waals surface area contributed by atoms with Gasteiger partial charge in [0.15, 0.2) is 0 Å². The number of sulfonamides is 1. The molecular weight excluding hydrogens is 252 g/mol. The number of likely N-dealkylation sites (N-methyl/N-ethyl adjacent to an activating group) is 1. The third kappa shape index (κ3) is 2.50. The normalized spacial score (nSPS) is 18.8. The fraction of sp³-hybridized carbons (Fsp3) is 0.500. The molecule has 1 aliphatic rings. The standard InChI is InChI=1S/C12H17N2O3S/c1-13-7-9-14(10-8-13)18(15,16)12-6-4-3-5-11(12)17-2/h3,5-6H,7-10H2,1-2H3. The molecule has 1 aromatic rings. The molecule has 0 aromatic heterocycles. The van der Waals surface area contributed by atoms with Gasteiger partial charge in [-0.1, -0.05) is 6.07 Å². The van der Waals surface area contributed by atoms with E-state index in [4.69, 9.17) is 4.74 Å². The van der Waals surface area contributed by atoms with Crippen molar-refractivity contribution < 1.29 is 13.2 Å². The minimum Gasteiger partial charge on any atom is -0.495 e. The molecule has 1 radical (unpaired) electrons. The van der Waals surface area contributed by atoms with Crippen LogP contribution >= 0.6 is 0 Å². The van der Waals surface area contributed by atoms with Crippen molar-refractivity contribution >= 4 is 10.0 Å². The Kier molecular flexibility index (Phi) is 3.89. The summed E-state index contributed by atoms with van der Waals surface area (Å²) in [5.41, 5.74) is 0. The first kappa shape index (κ1) is 13.3. The van der Waals surface area contributed by atoms with Gasteiger partial charge in [-0.25, -0.2) is 8.42 Å². The number of nitrogens with zero attached hydrogens (tertiary/aromatic N) is 2. The van der Waals surface area contributed by atoms with Crippen molar-refractivity contribution in [3.63, 3.8) is 0 Å². The fourth-order valence-electron chi connectivity index (χ4n) is 1.94. The number of methoxy groups -OCH3 is 1. The molecule has 0 atom stereocenters. The Morgan fingerprint density at radius 3 is 2.56 bits per heavy atom. The maximum atomic E-state index is 12.5. The zero-order chi connectivity index (χ0) is 13.2. The molecule has 1 heterocycles. The van der Waals surface area contributed by atoms with Crippen molar-refractivity contribution in [1.29, 1.82) is 0 Å². The molecule has 0 aliphatic carbocycles. The molecule has 1 aromatic carbocycles. The van der Waals surface area contributed by atoms with Crippen LogP contribution in [-0.4, -0.2) is 58.0 Å². The van der Waals surface area contributed by atoms with Crippen molar-refractivity contribution in [2.24, 2.45) is 0 Å². The topological polar surface area (TPSA) is 49.9 Å². The van der Waals surface area contributed by atoms with Crippen molar-refractivity contribution in [3.8, 4) is 5.75 Å². The molecule has 2 rings (SSSR count). The number of rotatable bonds is 3. The van der Waals surface area contributed by atoms with E-state index in [0.717, 1.165) is 13.1 Å². The molecule has 0 bridgehead atoms. The molecule has 5 nitrogen and oxygen atoms in total. The second-order valence-electron chi connectivity index (χ2n) is 4.28. The third-order valence-electron chi connectivity index (χ3n) is 3.09.